The molecule has 0 bridgehead atoms. The van der Waals surface area contributed by atoms with Crippen LogP contribution in [-0.2, 0) is 18.3 Å². The van der Waals surface area contributed by atoms with Gasteiger partial charge in [0.1, 0.15) is 23.5 Å². The molecule has 1 aliphatic heterocycles. The molecule has 1 unspecified atom stereocenters. The summed E-state index contributed by atoms with van der Waals surface area (Å²) in [6.45, 7) is 1.81. The van der Waals surface area contributed by atoms with E-state index in [0.29, 0.717) is 19.6 Å². The molecule has 1 aliphatic rings. The van der Waals surface area contributed by atoms with Crippen molar-refractivity contribution in [2.45, 2.75) is 12.5 Å². The summed E-state index contributed by atoms with van der Waals surface area (Å²) in [6, 6.07) is 3.09. The molecule has 2 aromatic rings. The van der Waals surface area contributed by atoms with Gasteiger partial charge in [-0.3, -0.25) is 4.79 Å². The van der Waals surface area contributed by atoms with Gasteiger partial charge in [0, 0.05) is 45.1 Å². The van der Waals surface area contributed by atoms with Crippen LogP contribution in [0.2, 0.25) is 0 Å². The highest BCUT2D eigenvalue weighted by Crippen LogP contribution is 2.22. The van der Waals surface area contributed by atoms with Gasteiger partial charge in [-0.2, -0.15) is 0 Å². The highest BCUT2D eigenvalue weighted by Gasteiger charge is 2.30. The number of aryl methyl sites for hydroxylation is 1. The molecule has 3 rings (SSSR count). The zero-order valence-electron chi connectivity index (χ0n) is 13.2. The van der Waals surface area contributed by atoms with E-state index < -0.39 is 11.6 Å². The second kappa shape index (κ2) is 7.72. The van der Waals surface area contributed by atoms with E-state index in [-0.39, 0.29) is 36.3 Å². The van der Waals surface area contributed by atoms with Gasteiger partial charge in [0.15, 0.2) is 0 Å². The van der Waals surface area contributed by atoms with E-state index in [0.717, 1.165) is 11.9 Å². The largest absolute Gasteiger partial charge is 0.336 e. The molecule has 1 fully saturated rings. The van der Waals surface area contributed by atoms with Gasteiger partial charge in [0.25, 0.3) is 0 Å². The van der Waals surface area contributed by atoms with Crippen molar-refractivity contribution >= 4 is 18.3 Å². The number of aromatic nitrogens is 2. The van der Waals surface area contributed by atoms with Gasteiger partial charge in [0.2, 0.25) is 5.91 Å². The second-order valence-corrected chi connectivity index (χ2v) is 5.62. The molecule has 5 nitrogen and oxygen atoms in total. The topological polar surface area (TPSA) is 50.2 Å². The molecular formula is C16H19ClF2N4O. The molecule has 0 radical (unpaired) electrons. The van der Waals surface area contributed by atoms with E-state index in [1.54, 1.807) is 11.1 Å². The van der Waals surface area contributed by atoms with E-state index in [9.17, 15) is 13.6 Å². The molecule has 1 saturated heterocycles. The Morgan fingerprint density at radius 3 is 2.88 bits per heavy atom. The lowest BCUT2D eigenvalue weighted by Gasteiger charge is -2.35. The van der Waals surface area contributed by atoms with E-state index in [2.05, 4.69) is 10.3 Å². The number of benzene rings is 1. The van der Waals surface area contributed by atoms with Gasteiger partial charge in [-0.25, -0.2) is 13.8 Å². The van der Waals surface area contributed by atoms with Crippen LogP contribution in [0.1, 0.15) is 17.4 Å². The maximum atomic E-state index is 13.8. The number of hydrogen-bond acceptors (Lipinski definition) is 3. The zero-order valence-corrected chi connectivity index (χ0v) is 14.0. The van der Waals surface area contributed by atoms with Crippen molar-refractivity contribution < 1.29 is 13.6 Å². The molecule has 0 saturated carbocycles. The summed E-state index contributed by atoms with van der Waals surface area (Å²) in [6.07, 6.45) is 3.42. The smallest absolute Gasteiger partial charge is 0.227 e. The Morgan fingerprint density at radius 1 is 1.42 bits per heavy atom. The van der Waals surface area contributed by atoms with Crippen molar-refractivity contribution in [3.05, 3.63) is 53.6 Å². The third-order valence-electron chi connectivity index (χ3n) is 4.08. The van der Waals surface area contributed by atoms with Crippen LogP contribution < -0.4 is 5.32 Å². The van der Waals surface area contributed by atoms with E-state index in [4.69, 9.17) is 0 Å². The van der Waals surface area contributed by atoms with Crippen LogP contribution in [0.4, 0.5) is 8.78 Å². The predicted octanol–water partition coefficient (Wildman–Crippen LogP) is 1.84. The molecular weight excluding hydrogens is 338 g/mol. The van der Waals surface area contributed by atoms with Crippen molar-refractivity contribution in [2.75, 3.05) is 19.6 Å². The summed E-state index contributed by atoms with van der Waals surface area (Å²) in [5, 5.41) is 3.25. The van der Waals surface area contributed by atoms with Gasteiger partial charge >= 0.3 is 0 Å². The third-order valence-corrected chi connectivity index (χ3v) is 4.08. The molecule has 130 valence electrons. The van der Waals surface area contributed by atoms with Crippen molar-refractivity contribution in [2.24, 2.45) is 7.05 Å². The predicted molar refractivity (Wildman–Crippen MR) is 87.8 cm³/mol. The fraction of sp³-hybridized carbons (Fsp3) is 0.375. The molecule has 0 spiro atoms. The number of amides is 1. The number of piperazine rings is 1. The van der Waals surface area contributed by atoms with E-state index >= 15 is 0 Å². The van der Waals surface area contributed by atoms with Crippen LogP contribution in [0.3, 0.4) is 0 Å². The fourth-order valence-corrected chi connectivity index (χ4v) is 2.86. The minimum absolute atomic E-state index is 0. The lowest BCUT2D eigenvalue weighted by Crippen LogP contribution is -2.50. The van der Waals surface area contributed by atoms with Gasteiger partial charge in [-0.05, 0) is 11.6 Å². The van der Waals surface area contributed by atoms with Gasteiger partial charge in [-0.1, -0.05) is 6.07 Å². The summed E-state index contributed by atoms with van der Waals surface area (Å²) in [5.41, 5.74) is 0.202. The Hall–Kier alpha value is -1.99. The van der Waals surface area contributed by atoms with Crippen molar-refractivity contribution in [3.63, 3.8) is 0 Å². The van der Waals surface area contributed by atoms with E-state index in [1.165, 1.54) is 12.1 Å². The second-order valence-electron chi connectivity index (χ2n) is 5.62. The molecule has 1 aromatic heterocycles. The van der Waals surface area contributed by atoms with Crippen LogP contribution in [-0.4, -0.2) is 40.0 Å². The van der Waals surface area contributed by atoms with E-state index in [1.807, 2.05) is 17.8 Å². The standard InChI is InChI=1S/C16H18F2N4O.ClH/c1-21-6-5-20-16(21)14-10-19-4-7-22(14)15(23)8-11-2-3-12(17)9-13(11)18;/h2-3,5-6,9,14,19H,4,7-8,10H2,1H3;1H. The van der Waals surface area contributed by atoms with Crippen LogP contribution in [0.25, 0.3) is 0 Å². The number of halogens is 3. The van der Waals surface area contributed by atoms with Crippen LogP contribution in [0.5, 0.6) is 0 Å². The number of carbonyl (C=O) groups is 1. The van der Waals surface area contributed by atoms with Crippen molar-refractivity contribution in [1.29, 1.82) is 0 Å². The molecule has 24 heavy (non-hydrogen) atoms. The highest BCUT2D eigenvalue weighted by molar-refractivity contribution is 5.85. The van der Waals surface area contributed by atoms with Crippen LogP contribution in [0.15, 0.2) is 30.6 Å². The average molecular weight is 357 g/mol. The number of hydrogen-bond donors (Lipinski definition) is 1. The Bertz CT molecular complexity index is 722. The van der Waals surface area contributed by atoms with Crippen LogP contribution in [0, 0.1) is 11.6 Å². The third kappa shape index (κ3) is 3.73. The first-order valence-electron chi connectivity index (χ1n) is 7.47. The monoisotopic (exact) mass is 356 g/mol. The Balaban J connectivity index is 0.00000208. The minimum atomic E-state index is -0.693. The van der Waals surface area contributed by atoms with Gasteiger partial charge in [0.05, 0.1) is 6.42 Å². The summed E-state index contributed by atoms with van der Waals surface area (Å²) < 4.78 is 28.6. The Labute approximate surface area is 145 Å². The first kappa shape index (κ1) is 18.4. The molecule has 8 heteroatoms. The fourth-order valence-electron chi connectivity index (χ4n) is 2.86. The Kier molecular flexibility index (Phi) is 5.90. The maximum absolute atomic E-state index is 13.8. The van der Waals surface area contributed by atoms with Gasteiger partial charge in [-0.15, -0.1) is 12.4 Å². The van der Waals surface area contributed by atoms with Crippen molar-refractivity contribution in [1.82, 2.24) is 19.8 Å². The quantitative estimate of drug-likeness (QED) is 0.913. The molecule has 1 amide bonds. The molecule has 2 heterocycles. The first-order chi connectivity index (χ1) is 11.1. The average Bonchev–Trinajstić information content (AvgIpc) is 2.96. The summed E-state index contributed by atoms with van der Waals surface area (Å²) in [5.74, 6) is -0.746. The number of rotatable bonds is 3. The normalized spacial score (nSPS) is 17.5. The summed E-state index contributed by atoms with van der Waals surface area (Å²) >= 11 is 0. The molecule has 0 aliphatic carbocycles. The Morgan fingerprint density at radius 2 is 2.21 bits per heavy atom. The summed E-state index contributed by atoms with van der Waals surface area (Å²) in [4.78, 5) is 18.6. The van der Waals surface area contributed by atoms with Gasteiger partial charge < -0.3 is 14.8 Å². The molecule has 1 atom stereocenters. The maximum Gasteiger partial charge on any atom is 0.227 e. The summed E-state index contributed by atoms with van der Waals surface area (Å²) in [7, 11) is 1.87. The minimum Gasteiger partial charge on any atom is -0.336 e. The van der Waals surface area contributed by atoms with Crippen LogP contribution >= 0.6 is 12.4 Å². The number of carbonyl (C=O) groups excluding carboxylic acids is 1. The number of nitrogens with zero attached hydrogens (tertiary/aromatic N) is 3. The van der Waals surface area contributed by atoms with Crippen molar-refractivity contribution in [3.8, 4) is 0 Å². The lowest BCUT2D eigenvalue weighted by atomic mass is 10.1. The lowest BCUT2D eigenvalue weighted by molar-refractivity contribution is -0.134. The number of imidazole rings is 1. The SMILES string of the molecule is Cl.Cn1ccnc1C1CNCCN1C(=O)Cc1ccc(F)cc1F. The first-order valence-corrected chi connectivity index (χ1v) is 7.47. The molecule has 1 N–H and O–H groups in total. The highest BCUT2D eigenvalue weighted by atomic mass is 35.5. The zero-order chi connectivity index (χ0) is 16.4. The molecule has 1 aromatic carbocycles. The number of nitrogens with one attached hydrogen (secondary N) is 1.